The van der Waals surface area contributed by atoms with Gasteiger partial charge in [0.2, 0.25) is 5.91 Å². The maximum Gasteiger partial charge on any atom is 0.316 e. The lowest BCUT2D eigenvalue weighted by Crippen LogP contribution is -2.19. The minimum absolute atomic E-state index is 0.0655. The molecule has 13 heteroatoms. The van der Waals surface area contributed by atoms with E-state index in [2.05, 4.69) is 19.9 Å². The second-order valence-corrected chi connectivity index (χ2v) is 11.0. The van der Waals surface area contributed by atoms with Crippen LogP contribution >= 0.6 is 23.4 Å². The smallest absolute Gasteiger partial charge is 0.316 e. The van der Waals surface area contributed by atoms with Crippen molar-refractivity contribution in [3.63, 3.8) is 0 Å². The Bertz CT molecular complexity index is 1620. The third-order valence-electron chi connectivity index (χ3n) is 5.25. The summed E-state index contributed by atoms with van der Waals surface area (Å²) in [5, 5.41) is 8.20. The van der Waals surface area contributed by atoms with Gasteiger partial charge >= 0.3 is 5.97 Å². The first-order valence-electron chi connectivity index (χ1n) is 11.5. The molecule has 3 aromatic carbocycles. The fourth-order valence-electron chi connectivity index (χ4n) is 3.52. The molecule has 0 aliphatic carbocycles. The molecule has 200 valence electrons. The van der Waals surface area contributed by atoms with Crippen molar-refractivity contribution in [3.05, 3.63) is 83.4 Å². The van der Waals surface area contributed by atoms with Crippen LogP contribution in [0.4, 0.5) is 5.95 Å². The summed E-state index contributed by atoms with van der Waals surface area (Å²) >= 11 is 7.05. The molecule has 0 aliphatic rings. The summed E-state index contributed by atoms with van der Waals surface area (Å²) in [5.74, 6) is -1.96. The highest BCUT2D eigenvalue weighted by atomic mass is 35.5. The molecule has 1 heterocycles. The fourth-order valence-corrected chi connectivity index (χ4v) is 6.14. The average molecular weight is 584 g/mol. The lowest BCUT2D eigenvalue weighted by Gasteiger charge is -2.14. The van der Waals surface area contributed by atoms with Crippen LogP contribution in [0.2, 0.25) is 5.02 Å². The van der Waals surface area contributed by atoms with Crippen LogP contribution in [-0.4, -0.2) is 47.8 Å². The van der Waals surface area contributed by atoms with Crippen LogP contribution in [0, 0.1) is 0 Å². The molecule has 0 atom stereocenters. The molecule has 3 N–H and O–H groups in total. The van der Waals surface area contributed by atoms with Crippen LogP contribution < -0.4 is 10.5 Å². The van der Waals surface area contributed by atoms with E-state index in [1.54, 1.807) is 6.92 Å². The van der Waals surface area contributed by atoms with Crippen molar-refractivity contribution in [3.8, 4) is 22.5 Å². The first kappa shape index (κ1) is 28.0. The number of hydrogen-bond acceptors (Lipinski definition) is 9. The molecule has 4 rings (SSSR count). The van der Waals surface area contributed by atoms with Crippen molar-refractivity contribution >= 4 is 51.2 Å². The molecule has 0 spiro atoms. The summed E-state index contributed by atoms with van der Waals surface area (Å²) in [7, 11) is -4.41. The lowest BCUT2D eigenvalue weighted by molar-refractivity contribution is -0.139. The number of carbonyl (C=O) groups excluding carboxylic acids is 2. The summed E-state index contributed by atoms with van der Waals surface area (Å²) < 4.78 is 34.3. The Balaban J connectivity index is 1.77. The first-order valence-corrected chi connectivity index (χ1v) is 14.3. The maximum atomic E-state index is 13.5. The molecular formula is C26H22ClN5O5S2. The van der Waals surface area contributed by atoms with Crippen LogP contribution in [-0.2, 0) is 19.6 Å². The first-order chi connectivity index (χ1) is 18.7. The van der Waals surface area contributed by atoms with Gasteiger partial charge in [0.25, 0.3) is 16.0 Å². The molecule has 0 radical (unpaired) electrons. The monoisotopic (exact) mass is 583 g/mol. The molecule has 10 nitrogen and oxygen atoms in total. The van der Waals surface area contributed by atoms with E-state index in [0.717, 1.165) is 23.4 Å². The van der Waals surface area contributed by atoms with Crippen molar-refractivity contribution in [1.82, 2.24) is 15.2 Å². The molecule has 39 heavy (non-hydrogen) atoms. The van der Waals surface area contributed by atoms with Crippen molar-refractivity contribution in [2.24, 2.45) is 5.73 Å². The minimum atomic E-state index is -4.41. The highest BCUT2D eigenvalue weighted by Gasteiger charge is 2.25. The molecular weight excluding hydrogens is 562 g/mol. The van der Waals surface area contributed by atoms with Gasteiger partial charge in [0.05, 0.1) is 22.9 Å². The third-order valence-corrected chi connectivity index (χ3v) is 8.08. The zero-order valence-corrected chi connectivity index (χ0v) is 22.9. The Kier molecular flexibility index (Phi) is 8.79. The molecule has 1 amide bonds. The molecule has 4 aromatic rings. The Hall–Kier alpha value is -4.00. The SMILES string of the molecule is CCOC(=O)CSc1cc(Cl)c(C(N)=O)cc1S(=O)(=O)Nc1nnc(-c2ccccc2)c(-c2ccccc2)n1. The van der Waals surface area contributed by atoms with E-state index in [1.165, 1.54) is 6.07 Å². The summed E-state index contributed by atoms with van der Waals surface area (Å²) in [6.45, 7) is 1.82. The van der Waals surface area contributed by atoms with Gasteiger partial charge in [0.1, 0.15) is 16.3 Å². The maximum absolute atomic E-state index is 13.5. The zero-order chi connectivity index (χ0) is 28.0. The number of ether oxygens (including phenoxy) is 1. The second kappa shape index (κ2) is 12.2. The minimum Gasteiger partial charge on any atom is -0.465 e. The molecule has 0 unspecified atom stereocenters. The van der Waals surface area contributed by atoms with Crippen molar-refractivity contribution in [1.29, 1.82) is 0 Å². The molecule has 0 aliphatic heterocycles. The van der Waals surface area contributed by atoms with Crippen LogP contribution in [0.5, 0.6) is 0 Å². The molecule has 0 saturated heterocycles. The van der Waals surface area contributed by atoms with E-state index in [-0.39, 0.29) is 38.7 Å². The largest absolute Gasteiger partial charge is 0.465 e. The Morgan fingerprint density at radius 1 is 0.974 bits per heavy atom. The normalized spacial score (nSPS) is 11.1. The Morgan fingerprint density at radius 2 is 1.59 bits per heavy atom. The van der Waals surface area contributed by atoms with Gasteiger partial charge in [-0.3, -0.25) is 9.59 Å². The topological polar surface area (TPSA) is 154 Å². The molecule has 0 bridgehead atoms. The van der Waals surface area contributed by atoms with Gasteiger partial charge in [-0.1, -0.05) is 72.3 Å². The zero-order valence-electron chi connectivity index (χ0n) is 20.5. The van der Waals surface area contributed by atoms with E-state index in [0.29, 0.717) is 17.0 Å². The van der Waals surface area contributed by atoms with E-state index < -0.39 is 21.9 Å². The van der Waals surface area contributed by atoms with E-state index in [1.807, 2.05) is 60.7 Å². The van der Waals surface area contributed by atoms with Gasteiger partial charge in [0, 0.05) is 16.0 Å². The molecule has 0 saturated carbocycles. The third kappa shape index (κ3) is 6.72. The van der Waals surface area contributed by atoms with Gasteiger partial charge in [-0.25, -0.2) is 18.1 Å². The number of nitrogens with two attached hydrogens (primary N) is 1. The van der Waals surface area contributed by atoms with Crippen molar-refractivity contribution in [2.45, 2.75) is 16.7 Å². The summed E-state index contributed by atoms with van der Waals surface area (Å²) in [6, 6.07) is 20.7. The number of nitrogens with one attached hydrogen (secondary N) is 1. The predicted octanol–water partition coefficient (Wildman–Crippen LogP) is 4.41. The number of aromatic nitrogens is 3. The van der Waals surface area contributed by atoms with Crippen LogP contribution in [0.1, 0.15) is 17.3 Å². The number of benzene rings is 3. The molecule has 0 fully saturated rings. The summed E-state index contributed by atoms with van der Waals surface area (Å²) in [5.41, 5.74) is 7.48. The standard InChI is InChI=1S/C26H22ClN5O5S2/c1-2-37-22(33)15-38-20-14-19(27)18(25(28)34)13-21(20)39(35,36)32-26-29-23(16-9-5-3-6-10-16)24(30-31-26)17-11-7-4-8-12-17/h3-14H,2,15H2,1H3,(H2,28,34)(H,29,31,32). The lowest BCUT2D eigenvalue weighted by atomic mass is 10.0. The number of thioether (sulfide) groups is 1. The quantitative estimate of drug-likeness (QED) is 0.204. The van der Waals surface area contributed by atoms with Crippen LogP contribution in [0.25, 0.3) is 22.5 Å². The Morgan fingerprint density at radius 3 is 2.18 bits per heavy atom. The van der Waals surface area contributed by atoms with Gasteiger partial charge in [-0.05, 0) is 19.1 Å². The van der Waals surface area contributed by atoms with Crippen molar-refractivity contribution < 1.29 is 22.7 Å². The number of amides is 1. The number of primary amides is 1. The number of hydrogen-bond donors (Lipinski definition) is 2. The number of sulfonamides is 1. The van der Waals surface area contributed by atoms with Gasteiger partial charge in [-0.2, -0.15) is 0 Å². The summed E-state index contributed by atoms with van der Waals surface area (Å²) in [4.78, 5) is 28.0. The van der Waals surface area contributed by atoms with Crippen LogP contribution in [0.3, 0.4) is 0 Å². The molecule has 1 aromatic heterocycles. The number of esters is 1. The predicted molar refractivity (Wildman–Crippen MR) is 149 cm³/mol. The number of rotatable bonds is 10. The number of carbonyl (C=O) groups is 2. The highest BCUT2D eigenvalue weighted by Crippen LogP contribution is 2.34. The van der Waals surface area contributed by atoms with Gasteiger partial charge < -0.3 is 10.5 Å². The number of anilines is 1. The van der Waals surface area contributed by atoms with E-state index in [4.69, 9.17) is 22.1 Å². The number of halogens is 1. The van der Waals surface area contributed by atoms with Gasteiger partial charge in [0.15, 0.2) is 0 Å². The van der Waals surface area contributed by atoms with Gasteiger partial charge in [-0.15, -0.1) is 22.0 Å². The van der Waals surface area contributed by atoms with Crippen LogP contribution in [0.15, 0.2) is 82.6 Å². The second-order valence-electron chi connectivity index (χ2n) is 7.91. The highest BCUT2D eigenvalue weighted by molar-refractivity contribution is 8.01. The van der Waals surface area contributed by atoms with Crippen molar-refractivity contribution in [2.75, 3.05) is 17.1 Å². The summed E-state index contributed by atoms with van der Waals surface area (Å²) in [6.07, 6.45) is 0. The average Bonchev–Trinajstić information content (AvgIpc) is 2.92. The number of nitrogens with zero attached hydrogens (tertiary/aromatic N) is 3. The fraction of sp³-hybridized carbons (Fsp3) is 0.115. The van der Waals surface area contributed by atoms with E-state index in [9.17, 15) is 18.0 Å². The Labute approximate surface area is 234 Å². The van der Waals surface area contributed by atoms with E-state index >= 15 is 0 Å².